The van der Waals surface area contributed by atoms with Crippen LogP contribution in [-0.2, 0) is 19.1 Å². The summed E-state index contributed by atoms with van der Waals surface area (Å²) in [5.41, 5.74) is 5.04. The molecule has 0 radical (unpaired) electrons. The molecule has 0 aliphatic heterocycles. The van der Waals surface area contributed by atoms with Crippen molar-refractivity contribution in [1.82, 2.24) is 15.5 Å². The number of aromatic hydroxyl groups is 1. The minimum atomic E-state index is -1.14. The predicted octanol–water partition coefficient (Wildman–Crippen LogP) is 4.45. The standard InChI is InChI=1S/C30H48N4O6/c1-5-6-7-11-19-34(28(38)24(17-18-25(31)36)33-29(39)40-30(2,3)4)26(21-13-12-16-23(35)20-21)27(37)32-22-14-9-8-10-15-22/h12-13,16,20,22,24,26,35H,5-11,14-15,17-19H2,1-4H3,(H2,31,36)(H,32,37)(H,33,39). The molecule has 0 bridgehead atoms. The summed E-state index contributed by atoms with van der Waals surface area (Å²) in [4.78, 5) is 53.9. The van der Waals surface area contributed by atoms with Crippen LogP contribution in [0, 0.1) is 0 Å². The van der Waals surface area contributed by atoms with Crippen molar-refractivity contribution >= 4 is 23.8 Å². The first-order chi connectivity index (χ1) is 18.9. The smallest absolute Gasteiger partial charge is 0.408 e. The molecule has 4 amide bonds. The molecular formula is C30H48N4O6. The molecule has 0 heterocycles. The van der Waals surface area contributed by atoms with Crippen LogP contribution in [0.1, 0.15) is 110 Å². The molecule has 0 saturated heterocycles. The maximum Gasteiger partial charge on any atom is 0.408 e. The fourth-order valence-electron chi connectivity index (χ4n) is 4.96. The van der Waals surface area contributed by atoms with Gasteiger partial charge in [-0.05, 0) is 64.2 Å². The van der Waals surface area contributed by atoms with E-state index in [2.05, 4.69) is 17.6 Å². The van der Waals surface area contributed by atoms with Gasteiger partial charge in [0.2, 0.25) is 17.7 Å². The Balaban J connectivity index is 2.47. The summed E-state index contributed by atoms with van der Waals surface area (Å²) in [5.74, 6) is -1.50. The topological polar surface area (TPSA) is 151 Å². The van der Waals surface area contributed by atoms with Gasteiger partial charge in [0.25, 0.3) is 0 Å². The zero-order chi connectivity index (χ0) is 29.7. The maximum atomic E-state index is 14.2. The van der Waals surface area contributed by atoms with Crippen LogP contribution in [0.15, 0.2) is 24.3 Å². The Hall–Kier alpha value is -3.30. The van der Waals surface area contributed by atoms with Gasteiger partial charge in [0.1, 0.15) is 23.4 Å². The van der Waals surface area contributed by atoms with Gasteiger partial charge in [0, 0.05) is 19.0 Å². The third kappa shape index (κ3) is 11.4. The summed E-state index contributed by atoms with van der Waals surface area (Å²) in [6.07, 6.45) is 7.37. The van der Waals surface area contributed by atoms with E-state index in [0.29, 0.717) is 12.0 Å². The Kier molecular flexibility index (Phi) is 13.2. The van der Waals surface area contributed by atoms with E-state index in [1.54, 1.807) is 32.9 Å². The average molecular weight is 561 g/mol. The van der Waals surface area contributed by atoms with Gasteiger partial charge in [-0.3, -0.25) is 14.4 Å². The number of primary amides is 1. The van der Waals surface area contributed by atoms with Crippen LogP contribution >= 0.6 is 0 Å². The number of alkyl carbamates (subject to hydrolysis) is 1. The highest BCUT2D eigenvalue weighted by Gasteiger charge is 2.37. The number of carbonyl (C=O) groups is 4. The Labute approximate surface area is 238 Å². The number of phenolic OH excluding ortho intramolecular Hbond substituents is 1. The van der Waals surface area contributed by atoms with Crippen molar-refractivity contribution in [2.24, 2.45) is 5.73 Å². The van der Waals surface area contributed by atoms with E-state index in [1.165, 1.54) is 17.0 Å². The van der Waals surface area contributed by atoms with E-state index in [1.807, 2.05) is 0 Å². The fourth-order valence-corrected chi connectivity index (χ4v) is 4.96. The van der Waals surface area contributed by atoms with E-state index in [-0.39, 0.29) is 37.1 Å². The van der Waals surface area contributed by atoms with Crippen LogP contribution in [-0.4, -0.2) is 58.1 Å². The molecule has 40 heavy (non-hydrogen) atoms. The second-order valence-corrected chi connectivity index (χ2v) is 11.6. The Bertz CT molecular complexity index is 987. The number of phenols is 1. The number of hydrogen-bond acceptors (Lipinski definition) is 6. The Morgan fingerprint density at radius 3 is 2.40 bits per heavy atom. The number of nitrogens with one attached hydrogen (secondary N) is 2. The third-order valence-corrected chi connectivity index (χ3v) is 6.90. The summed E-state index contributed by atoms with van der Waals surface area (Å²) in [6.45, 7) is 7.46. The lowest BCUT2D eigenvalue weighted by molar-refractivity contribution is -0.143. The van der Waals surface area contributed by atoms with E-state index in [0.717, 1.165) is 51.4 Å². The molecule has 1 fully saturated rings. The number of benzene rings is 1. The van der Waals surface area contributed by atoms with Crippen molar-refractivity contribution in [2.45, 2.75) is 122 Å². The van der Waals surface area contributed by atoms with Gasteiger partial charge < -0.3 is 31.1 Å². The molecule has 2 rings (SSSR count). The van der Waals surface area contributed by atoms with Gasteiger partial charge in [0.15, 0.2) is 0 Å². The number of ether oxygens (including phenoxy) is 1. The normalized spacial score (nSPS) is 15.5. The molecule has 10 nitrogen and oxygen atoms in total. The summed E-state index contributed by atoms with van der Waals surface area (Å²) >= 11 is 0. The van der Waals surface area contributed by atoms with Crippen LogP contribution in [0.2, 0.25) is 0 Å². The highest BCUT2D eigenvalue weighted by Crippen LogP contribution is 2.28. The molecule has 10 heteroatoms. The quantitative estimate of drug-likeness (QED) is 0.247. The van der Waals surface area contributed by atoms with Gasteiger partial charge >= 0.3 is 6.09 Å². The number of amides is 4. The molecule has 1 saturated carbocycles. The van der Waals surface area contributed by atoms with Crippen molar-refractivity contribution in [1.29, 1.82) is 0 Å². The highest BCUT2D eigenvalue weighted by molar-refractivity contribution is 5.92. The largest absolute Gasteiger partial charge is 0.508 e. The van der Waals surface area contributed by atoms with Crippen molar-refractivity contribution in [2.75, 3.05) is 6.54 Å². The second-order valence-electron chi connectivity index (χ2n) is 11.6. The summed E-state index contributed by atoms with van der Waals surface area (Å²) in [6, 6.07) is 4.15. The summed E-state index contributed by atoms with van der Waals surface area (Å²) < 4.78 is 5.38. The minimum Gasteiger partial charge on any atom is -0.508 e. The van der Waals surface area contributed by atoms with E-state index >= 15 is 0 Å². The first kappa shape index (κ1) is 32.9. The predicted molar refractivity (Wildman–Crippen MR) is 153 cm³/mol. The van der Waals surface area contributed by atoms with Gasteiger partial charge in [-0.1, -0.05) is 57.6 Å². The Morgan fingerprint density at radius 1 is 1.10 bits per heavy atom. The number of hydrogen-bond donors (Lipinski definition) is 4. The van der Waals surface area contributed by atoms with Crippen molar-refractivity contribution in [3.63, 3.8) is 0 Å². The molecule has 0 spiro atoms. The maximum absolute atomic E-state index is 14.2. The van der Waals surface area contributed by atoms with Crippen molar-refractivity contribution in [3.05, 3.63) is 29.8 Å². The molecule has 5 N–H and O–H groups in total. The van der Waals surface area contributed by atoms with Gasteiger partial charge in [-0.25, -0.2) is 4.79 Å². The summed E-state index contributed by atoms with van der Waals surface area (Å²) in [5, 5.41) is 16.0. The van der Waals surface area contributed by atoms with Gasteiger partial charge in [-0.2, -0.15) is 0 Å². The van der Waals surface area contributed by atoms with E-state index in [9.17, 15) is 24.3 Å². The summed E-state index contributed by atoms with van der Waals surface area (Å²) in [7, 11) is 0. The van der Waals surface area contributed by atoms with Gasteiger partial charge in [-0.15, -0.1) is 0 Å². The molecule has 224 valence electrons. The number of carbonyl (C=O) groups excluding carboxylic acids is 4. The number of nitrogens with zero attached hydrogens (tertiary/aromatic N) is 1. The molecule has 1 aromatic rings. The van der Waals surface area contributed by atoms with Crippen molar-refractivity contribution in [3.8, 4) is 5.75 Å². The minimum absolute atomic E-state index is 0.00338. The number of unbranched alkanes of at least 4 members (excludes halogenated alkanes) is 3. The zero-order valence-electron chi connectivity index (χ0n) is 24.5. The second kappa shape index (κ2) is 16.1. The SMILES string of the molecule is CCCCCCN(C(=O)C(CCC(N)=O)NC(=O)OC(C)(C)C)C(C(=O)NC1CCCCC1)c1cccc(O)c1. The third-order valence-electron chi connectivity index (χ3n) is 6.90. The van der Waals surface area contributed by atoms with Crippen LogP contribution in [0.5, 0.6) is 5.75 Å². The lowest BCUT2D eigenvalue weighted by Crippen LogP contribution is -2.54. The lowest BCUT2D eigenvalue weighted by atomic mass is 9.94. The molecule has 2 atom stereocenters. The van der Waals surface area contributed by atoms with Crippen molar-refractivity contribution < 1.29 is 29.0 Å². The van der Waals surface area contributed by atoms with Crippen LogP contribution < -0.4 is 16.4 Å². The fraction of sp³-hybridized carbons (Fsp3) is 0.667. The van der Waals surface area contributed by atoms with E-state index < -0.39 is 35.6 Å². The van der Waals surface area contributed by atoms with E-state index in [4.69, 9.17) is 10.5 Å². The molecule has 1 aliphatic carbocycles. The monoisotopic (exact) mass is 560 g/mol. The molecular weight excluding hydrogens is 512 g/mol. The average Bonchev–Trinajstić information content (AvgIpc) is 2.87. The number of nitrogens with two attached hydrogens (primary N) is 1. The molecule has 1 aromatic carbocycles. The number of rotatable bonds is 14. The molecule has 0 aromatic heterocycles. The highest BCUT2D eigenvalue weighted by atomic mass is 16.6. The first-order valence-electron chi connectivity index (χ1n) is 14.6. The van der Waals surface area contributed by atoms with Crippen LogP contribution in [0.4, 0.5) is 4.79 Å². The molecule has 1 aliphatic rings. The zero-order valence-corrected chi connectivity index (χ0v) is 24.5. The van der Waals surface area contributed by atoms with Crippen LogP contribution in [0.25, 0.3) is 0 Å². The Morgan fingerprint density at radius 2 is 1.80 bits per heavy atom. The van der Waals surface area contributed by atoms with Crippen LogP contribution in [0.3, 0.4) is 0 Å². The first-order valence-corrected chi connectivity index (χ1v) is 14.6. The van der Waals surface area contributed by atoms with Gasteiger partial charge in [0.05, 0.1) is 0 Å². The molecule has 2 unspecified atom stereocenters. The lowest BCUT2D eigenvalue weighted by Gasteiger charge is -2.36.